The molecule has 15 nitrogen and oxygen atoms in total. The maximum absolute atomic E-state index is 12.6. The van der Waals surface area contributed by atoms with Crippen LogP contribution in [0.25, 0.3) is 0 Å². The van der Waals surface area contributed by atoms with Crippen molar-refractivity contribution in [1.82, 2.24) is 70.7 Å². The Morgan fingerprint density at radius 1 is 0.409 bits per heavy atom. The Labute approximate surface area is 853 Å². The molecule has 4 aliphatic carbocycles. The highest BCUT2D eigenvalue weighted by molar-refractivity contribution is 5.30. The Morgan fingerprint density at radius 3 is 1.12 bits per heavy atom. The van der Waals surface area contributed by atoms with Crippen LogP contribution in [0.2, 0.25) is 0 Å². The van der Waals surface area contributed by atoms with Gasteiger partial charge in [0.2, 0.25) is 6.67 Å². The molecule has 810 valence electrons. The molecular weight excluding hydrogens is 1700 g/mol. The zero-order valence-corrected chi connectivity index (χ0v) is 98.8. The second-order valence-corrected chi connectivity index (χ2v) is 47.1. The minimum atomic E-state index is -2.43. The number of benzene rings is 2. The number of nitrogens with one attached hydrogen (secondary N) is 5. The van der Waals surface area contributed by atoms with Gasteiger partial charge in [0.15, 0.2) is 12.4 Å². The van der Waals surface area contributed by atoms with E-state index in [1.807, 2.05) is 31.5 Å². The second-order valence-electron chi connectivity index (χ2n) is 47.1. The highest BCUT2D eigenvalue weighted by atomic mass is 19.3. The van der Waals surface area contributed by atoms with Crippen molar-refractivity contribution in [3.63, 3.8) is 0 Å². The number of hydrogen-bond acceptors (Lipinski definition) is 14. The first kappa shape index (κ1) is 138. The van der Waals surface area contributed by atoms with E-state index in [0.717, 1.165) is 74.5 Å². The standard InChI is InChI=1S/C11H15N.C10H16FN2.C10H21N.C10H15N.2C9H19N.C8H17N.3C8H19N.C7H13F2N.2C7H15N.C7H17N/c1-9(2)12-7-10-5-3-4-6-11(10)8-12;1-9(2)12(3)8-13-6-4-10(11)5-7-13;1-9(2)11(3)10-7-5-4-6-8-10;1-9(2)11-8-10-6-4-3-5-7-10;1-8(2)10(3)9-6-4-5-7-9;1-8(2)10-9-6-4-3-5-7-9;1-8(2)9-6-4-3-5-7-9;1-7(2)9(6)8(3,4)5;1-5-6-7-9(4)8(2)3;1-4-5-6-7-9-8(2)3;1-6(2)10-4-3-7(8,9)5-10;1-6(2)8-5-7-3-4-7;1-7(2)8-5-3-4-6-8;1-6(2)8-7(3,4)5/h3-6,9H,7-8H2,1-2H3;4-7,9H,8H2,1-3H3;9-10H,4-8H2,1-3H3;3-7,9,11H,8H2,1-2H3;8-9H,4-7H2,1-3H3;8-10H,3-7H2,1-2H3;8H,3-7H2,1-2H3;7H,1-6H3;8H,5-7H2,1-4H3;8-9H,4-7H2,1-3H3;6H,3-5H2,1-2H3;6-8H,3-5H2,1-2H3;7H,3-6H2,1-2H3;6,8H,1-5H3/q;+1;;;;;;;;;;;;. The van der Waals surface area contributed by atoms with Gasteiger partial charge in [-0.05, 0) is 360 Å². The largest absolute Gasteiger partial charge is 0.315 e. The van der Waals surface area contributed by atoms with E-state index >= 15 is 0 Å². The molecule has 137 heavy (non-hydrogen) atoms. The van der Waals surface area contributed by atoms with Gasteiger partial charge in [0.05, 0.1) is 6.54 Å². The van der Waals surface area contributed by atoms with Crippen LogP contribution < -0.4 is 31.2 Å². The summed E-state index contributed by atoms with van der Waals surface area (Å²) in [6, 6.07) is 33.6. The van der Waals surface area contributed by atoms with Crippen molar-refractivity contribution in [2.24, 2.45) is 5.92 Å². The van der Waals surface area contributed by atoms with Gasteiger partial charge in [-0.3, -0.25) is 14.7 Å². The normalized spacial score (nSPS) is 17.2. The van der Waals surface area contributed by atoms with Crippen LogP contribution in [0, 0.1) is 11.7 Å². The first-order chi connectivity index (χ1) is 64.0. The quantitative estimate of drug-likeness (QED) is 0.0324. The van der Waals surface area contributed by atoms with Crippen molar-refractivity contribution in [1.29, 1.82) is 0 Å². The molecule has 3 aromatic rings. The summed E-state index contributed by atoms with van der Waals surface area (Å²) < 4.78 is 39.5. The molecule has 8 aliphatic rings. The monoisotopic (exact) mass is 1940 g/mol. The third-order valence-electron chi connectivity index (χ3n) is 27.2. The fourth-order valence-corrected chi connectivity index (χ4v) is 16.7. The smallest absolute Gasteiger partial charge is 0.261 e. The maximum Gasteiger partial charge on any atom is 0.261 e. The average Bonchev–Trinajstić information content (AvgIpc) is 1.64. The Bertz CT molecular complexity index is 3060. The van der Waals surface area contributed by atoms with Gasteiger partial charge >= 0.3 is 0 Å². The van der Waals surface area contributed by atoms with Crippen molar-refractivity contribution in [3.8, 4) is 0 Å². The topological polar surface area (TPSA) is 93.2 Å². The van der Waals surface area contributed by atoms with Crippen molar-refractivity contribution >= 4 is 0 Å². The number of hydrogen-bond donors (Lipinski definition) is 5. The molecule has 0 unspecified atom stereocenters. The predicted molar refractivity (Wildman–Crippen MR) is 603 cm³/mol. The van der Waals surface area contributed by atoms with Crippen LogP contribution in [0.4, 0.5) is 13.2 Å². The molecule has 4 saturated carbocycles. The summed E-state index contributed by atoms with van der Waals surface area (Å²) in [5.74, 6) is -1.59. The van der Waals surface area contributed by atoms with E-state index in [2.05, 4.69) is 378 Å². The Morgan fingerprint density at radius 2 is 0.810 bits per heavy atom. The molecule has 0 atom stereocenters. The third kappa shape index (κ3) is 79.8. The van der Waals surface area contributed by atoms with Crippen LogP contribution in [-0.2, 0) is 26.3 Å². The van der Waals surface area contributed by atoms with Gasteiger partial charge in [0, 0.05) is 159 Å². The minimum Gasteiger partial charge on any atom is -0.315 e. The fourth-order valence-electron chi connectivity index (χ4n) is 16.7. The van der Waals surface area contributed by atoms with E-state index in [0.29, 0.717) is 66.5 Å². The van der Waals surface area contributed by atoms with Gasteiger partial charge in [0.1, 0.15) is 5.82 Å². The SMILES string of the molecule is CC(C)N(C)C(C)(C)C.CC(C)N(C)C1CCCC1.CC(C)N(C)C1CCCCC1.CC(C)N(C)C[n+]1ccc(F)cc1.CC(C)N1CCC(F)(F)C1.CC(C)N1CCCC1.CC(C)N1CCCCC1.CC(C)N1Cc2ccccc2C1.CC(C)NC(C)(C)C.CC(C)NC1CCCCC1.CC(C)NCC1CC1.CC(C)NCc1ccccc1.CCCCCNC(C)C.CCCCN(C)C(C)C. The molecule has 5 N–H and O–H groups in total. The van der Waals surface area contributed by atoms with E-state index in [1.54, 1.807) is 17.3 Å². The van der Waals surface area contributed by atoms with Crippen molar-refractivity contribution < 1.29 is 17.7 Å². The number of aromatic nitrogens is 1. The van der Waals surface area contributed by atoms with Gasteiger partial charge in [0.25, 0.3) is 5.92 Å². The molecule has 5 heterocycles. The zero-order valence-electron chi connectivity index (χ0n) is 98.8. The van der Waals surface area contributed by atoms with Crippen molar-refractivity contribution in [2.75, 3.05) is 94.1 Å². The Hall–Kier alpha value is -3.18. The summed E-state index contributed by atoms with van der Waals surface area (Å²) in [6.07, 6.45) is 40.3. The first-order valence-corrected chi connectivity index (χ1v) is 56.4. The van der Waals surface area contributed by atoms with Gasteiger partial charge < -0.3 is 51.1 Å². The second kappa shape index (κ2) is 81.0. The summed E-state index contributed by atoms with van der Waals surface area (Å²) in [6.45, 7) is 92.8. The molecule has 0 bridgehead atoms. The van der Waals surface area contributed by atoms with Crippen LogP contribution in [0.1, 0.15) is 439 Å². The lowest BCUT2D eigenvalue weighted by Crippen LogP contribution is -2.44. The number of nitrogens with zero attached hydrogens (tertiary/aromatic N) is 10. The lowest BCUT2D eigenvalue weighted by Gasteiger charge is -2.35. The zero-order chi connectivity index (χ0) is 105. The van der Waals surface area contributed by atoms with E-state index in [-0.39, 0.29) is 30.4 Å². The summed E-state index contributed by atoms with van der Waals surface area (Å²) >= 11 is 0. The van der Waals surface area contributed by atoms with Gasteiger partial charge in [-0.2, -0.15) is 4.57 Å². The first-order valence-electron chi connectivity index (χ1n) is 56.4. The van der Waals surface area contributed by atoms with Gasteiger partial charge in [-0.25, -0.2) is 18.1 Å². The van der Waals surface area contributed by atoms with Gasteiger partial charge in [-0.15, -0.1) is 0 Å². The number of halogens is 3. The molecular formula is C119H239F3N15+. The van der Waals surface area contributed by atoms with E-state index in [9.17, 15) is 13.2 Å². The number of piperidine rings is 1. The van der Waals surface area contributed by atoms with Crippen molar-refractivity contribution in [3.05, 3.63) is 102 Å². The van der Waals surface area contributed by atoms with Crippen LogP contribution in [-0.4, -0.2) is 258 Å². The van der Waals surface area contributed by atoms with Crippen molar-refractivity contribution in [2.45, 2.75) is 569 Å². The highest BCUT2D eigenvalue weighted by Crippen LogP contribution is 2.30. The molecule has 4 aliphatic heterocycles. The predicted octanol–water partition coefficient (Wildman–Crippen LogP) is 28.0. The molecule has 0 radical (unpaired) electrons. The molecule has 3 saturated heterocycles. The lowest BCUT2D eigenvalue weighted by atomic mass is 9.94. The fraction of sp³-hybridized carbons (Fsp3) is 0.857. The average molecular weight is 1940 g/mol. The molecule has 0 spiro atoms. The third-order valence-corrected chi connectivity index (χ3v) is 27.2. The molecule has 0 amide bonds. The molecule has 2 aromatic carbocycles. The van der Waals surface area contributed by atoms with Gasteiger partial charge in [-0.1, -0.05) is 215 Å². The van der Waals surface area contributed by atoms with Crippen LogP contribution in [0.15, 0.2) is 79.1 Å². The number of unbranched alkanes of at least 4 members (excludes halogenated alkanes) is 3. The number of pyridine rings is 1. The Balaban J connectivity index is -0.00000141. The highest BCUT2D eigenvalue weighted by Gasteiger charge is 2.39. The molecule has 1 aromatic heterocycles. The number of fused-ring (bicyclic) bond motifs is 1. The number of rotatable bonds is 30. The van der Waals surface area contributed by atoms with Crippen LogP contribution in [0.5, 0.6) is 0 Å². The summed E-state index contributed by atoms with van der Waals surface area (Å²) in [5.41, 5.74) is 4.95. The van der Waals surface area contributed by atoms with E-state index in [1.165, 1.54) is 242 Å². The summed E-state index contributed by atoms with van der Waals surface area (Å²) in [5, 5.41) is 17.1. The lowest BCUT2D eigenvalue weighted by molar-refractivity contribution is -0.716. The van der Waals surface area contributed by atoms with E-state index < -0.39 is 5.92 Å². The molecule has 7 fully saturated rings. The molecule has 18 heteroatoms. The molecule has 11 rings (SSSR count). The summed E-state index contributed by atoms with van der Waals surface area (Å²) in [7, 11) is 10.9. The van der Waals surface area contributed by atoms with E-state index in [4.69, 9.17) is 0 Å². The Kier molecular flexibility index (Phi) is 81.5. The maximum atomic E-state index is 12.6. The minimum absolute atomic E-state index is 0.0329. The summed E-state index contributed by atoms with van der Waals surface area (Å²) in [4.78, 5) is 21.3. The number of alkyl halides is 2. The number of likely N-dealkylation sites (tertiary alicyclic amines) is 3. The van der Waals surface area contributed by atoms with Crippen LogP contribution >= 0.6 is 0 Å². The van der Waals surface area contributed by atoms with Crippen LogP contribution in [0.3, 0.4) is 0 Å².